The van der Waals surface area contributed by atoms with E-state index in [1.165, 1.54) is 0 Å². The SMILES string of the molecule is Fc1c(F)c(F)c(C(F)(F)F)c(C(F)(F)F)c1F.Fc1c(F)c(F)c(C(F)(F)F)c(F)c1F. The van der Waals surface area contributed by atoms with E-state index < -0.39 is 87.6 Å². The van der Waals surface area contributed by atoms with Gasteiger partial charge in [-0.15, -0.1) is 0 Å². The van der Waals surface area contributed by atoms with Gasteiger partial charge in [0, 0.05) is 0 Å². The van der Waals surface area contributed by atoms with E-state index in [2.05, 4.69) is 0 Å². The number of benzene rings is 2. The third-order valence-electron chi connectivity index (χ3n) is 3.33. The first-order valence-corrected chi connectivity index (χ1v) is 7.15. The quantitative estimate of drug-likeness (QED) is 0.189. The molecule has 0 aromatic heterocycles. The summed E-state index contributed by atoms with van der Waals surface area (Å²) in [6.07, 6.45) is -17.7. The van der Waals surface area contributed by atoms with Gasteiger partial charge >= 0.3 is 18.5 Å². The Balaban J connectivity index is 0.000000335. The predicted molar refractivity (Wildman–Crippen MR) is 67.5 cm³/mol. The third kappa shape index (κ3) is 5.40. The summed E-state index contributed by atoms with van der Waals surface area (Å²) in [5.41, 5.74) is -9.25. The number of alkyl halides is 9. The van der Waals surface area contributed by atoms with Crippen molar-refractivity contribution in [3.05, 3.63) is 69.0 Å². The molecule has 0 saturated heterocycles. The van der Waals surface area contributed by atoms with Crippen molar-refractivity contribution in [2.75, 3.05) is 0 Å². The van der Waals surface area contributed by atoms with E-state index >= 15 is 0 Å². The van der Waals surface area contributed by atoms with Crippen LogP contribution in [0.1, 0.15) is 16.7 Å². The molecule has 33 heavy (non-hydrogen) atoms. The van der Waals surface area contributed by atoms with E-state index in [-0.39, 0.29) is 0 Å². The van der Waals surface area contributed by atoms with Crippen LogP contribution in [0.5, 0.6) is 0 Å². The molecule has 0 aliphatic rings. The molecule has 2 aromatic rings. The highest BCUT2D eigenvalue weighted by Crippen LogP contribution is 2.44. The van der Waals surface area contributed by atoms with Crippen LogP contribution in [0.4, 0.5) is 79.0 Å². The second-order valence-corrected chi connectivity index (χ2v) is 5.44. The van der Waals surface area contributed by atoms with Crippen molar-refractivity contribution in [3.8, 4) is 0 Å². The molecule has 0 bridgehead atoms. The number of rotatable bonds is 0. The summed E-state index contributed by atoms with van der Waals surface area (Å²) in [4.78, 5) is 0. The molecule has 0 fully saturated rings. The van der Waals surface area contributed by atoms with Crippen molar-refractivity contribution in [3.63, 3.8) is 0 Å². The minimum Gasteiger partial charge on any atom is -0.203 e. The van der Waals surface area contributed by atoms with Crippen LogP contribution in [0.3, 0.4) is 0 Å². The Kier molecular flexibility index (Phi) is 7.56. The van der Waals surface area contributed by atoms with Gasteiger partial charge in [-0.05, 0) is 0 Å². The Bertz CT molecular complexity index is 981. The van der Waals surface area contributed by atoms with Gasteiger partial charge in [-0.1, -0.05) is 0 Å². The molecule has 0 spiro atoms. The Morgan fingerprint density at radius 2 is 0.394 bits per heavy atom. The lowest BCUT2D eigenvalue weighted by molar-refractivity contribution is -0.166. The number of hydrogen-bond acceptors (Lipinski definition) is 0. The van der Waals surface area contributed by atoms with E-state index in [0.717, 1.165) is 0 Å². The molecule has 0 heterocycles. The lowest BCUT2D eigenvalue weighted by Crippen LogP contribution is -2.23. The summed E-state index contributed by atoms with van der Waals surface area (Å²) >= 11 is 0. The first-order valence-electron chi connectivity index (χ1n) is 7.15. The van der Waals surface area contributed by atoms with E-state index in [0.29, 0.717) is 0 Å². The van der Waals surface area contributed by atoms with Gasteiger partial charge in [0.1, 0.15) is 16.7 Å². The third-order valence-corrected chi connectivity index (χ3v) is 3.33. The molecule has 0 saturated carbocycles. The number of halogens is 18. The first kappa shape index (κ1) is 28.2. The molecule has 2 rings (SSSR count). The highest BCUT2D eigenvalue weighted by molar-refractivity contribution is 5.36. The van der Waals surface area contributed by atoms with Gasteiger partial charge in [-0.2, -0.15) is 39.5 Å². The van der Waals surface area contributed by atoms with Gasteiger partial charge in [0.05, 0.1) is 0 Å². The van der Waals surface area contributed by atoms with Crippen LogP contribution in [0.25, 0.3) is 0 Å². The summed E-state index contributed by atoms with van der Waals surface area (Å²) in [6, 6.07) is 0. The fourth-order valence-electron chi connectivity index (χ4n) is 2.02. The minimum absolute atomic E-state index is 2.63. The smallest absolute Gasteiger partial charge is 0.203 e. The fraction of sp³-hybridized carbons (Fsp3) is 0.200. The maximum atomic E-state index is 12.7. The van der Waals surface area contributed by atoms with E-state index in [1.54, 1.807) is 0 Å². The molecule has 0 aliphatic heterocycles. The van der Waals surface area contributed by atoms with Crippen LogP contribution in [0, 0.1) is 52.4 Å². The van der Waals surface area contributed by atoms with Crippen LogP contribution < -0.4 is 0 Å². The van der Waals surface area contributed by atoms with E-state index in [1.807, 2.05) is 0 Å². The summed E-state index contributed by atoms with van der Waals surface area (Å²) in [6.45, 7) is 0. The molecule has 18 heteroatoms. The van der Waals surface area contributed by atoms with Crippen molar-refractivity contribution in [1.82, 2.24) is 0 Å². The van der Waals surface area contributed by atoms with Crippen molar-refractivity contribution >= 4 is 0 Å². The Hall–Kier alpha value is -2.82. The van der Waals surface area contributed by atoms with Gasteiger partial charge in [0.2, 0.25) is 5.82 Å². The molecule has 0 unspecified atom stereocenters. The summed E-state index contributed by atoms with van der Waals surface area (Å²) < 4.78 is 221. The van der Waals surface area contributed by atoms with Gasteiger partial charge in [0.25, 0.3) is 0 Å². The Morgan fingerprint density at radius 1 is 0.242 bits per heavy atom. The lowest BCUT2D eigenvalue weighted by Gasteiger charge is -2.17. The molecule has 0 atom stereocenters. The lowest BCUT2D eigenvalue weighted by atomic mass is 10.0. The zero-order valence-corrected chi connectivity index (χ0v) is 14.3. The topological polar surface area (TPSA) is 0 Å². The average molecular weight is 522 g/mol. The molecule has 186 valence electrons. The number of hydrogen-bond donors (Lipinski definition) is 0. The van der Waals surface area contributed by atoms with E-state index in [9.17, 15) is 79.0 Å². The highest BCUT2D eigenvalue weighted by atomic mass is 19.4. The maximum Gasteiger partial charge on any atom is 0.422 e. The molecular weight excluding hydrogens is 522 g/mol. The van der Waals surface area contributed by atoms with Gasteiger partial charge in [-0.3, -0.25) is 0 Å². The van der Waals surface area contributed by atoms with Crippen LogP contribution in [0.15, 0.2) is 0 Å². The summed E-state index contributed by atoms with van der Waals surface area (Å²) in [5.74, 6) is -25.9. The normalized spacial score (nSPS) is 12.5. The zero-order valence-electron chi connectivity index (χ0n) is 14.3. The summed E-state index contributed by atoms with van der Waals surface area (Å²) in [5, 5.41) is 0. The van der Waals surface area contributed by atoms with Crippen molar-refractivity contribution in [2.24, 2.45) is 0 Å². The minimum atomic E-state index is -6.04. The molecule has 0 amide bonds. The highest BCUT2D eigenvalue weighted by Gasteiger charge is 2.50. The van der Waals surface area contributed by atoms with Crippen LogP contribution in [-0.2, 0) is 18.5 Å². The second-order valence-electron chi connectivity index (χ2n) is 5.44. The molecule has 0 nitrogen and oxygen atoms in total. The van der Waals surface area contributed by atoms with Gasteiger partial charge < -0.3 is 0 Å². The van der Waals surface area contributed by atoms with Gasteiger partial charge in [-0.25, -0.2) is 39.5 Å². The fourth-order valence-corrected chi connectivity index (χ4v) is 2.02. The van der Waals surface area contributed by atoms with Crippen molar-refractivity contribution in [2.45, 2.75) is 18.5 Å². The maximum absolute atomic E-state index is 12.7. The monoisotopic (exact) mass is 522 g/mol. The zero-order chi connectivity index (χ0) is 26.4. The average Bonchev–Trinajstić information content (AvgIpc) is 2.63. The standard InChI is InChI=1S/C8F10.C7F8/c9-3-1(7(13,14)15)2(8(16,17)18)4(10)6(12)5(3)11;8-2-1(7(13,14)15)3(9)5(11)6(12)4(2)10. The predicted octanol–water partition coefficient (Wildman–Crippen LogP) is 7.68. The van der Waals surface area contributed by atoms with Crippen LogP contribution >= 0.6 is 0 Å². The van der Waals surface area contributed by atoms with Gasteiger partial charge in [0.15, 0.2) is 46.5 Å². The van der Waals surface area contributed by atoms with E-state index in [4.69, 9.17) is 0 Å². The van der Waals surface area contributed by atoms with Crippen molar-refractivity contribution < 1.29 is 79.0 Å². The second kappa shape index (κ2) is 8.85. The molecule has 0 N–H and O–H groups in total. The van der Waals surface area contributed by atoms with Crippen LogP contribution in [-0.4, -0.2) is 0 Å². The largest absolute Gasteiger partial charge is 0.422 e. The Morgan fingerprint density at radius 3 is 0.576 bits per heavy atom. The molecule has 0 aliphatic carbocycles. The molecule has 0 radical (unpaired) electrons. The Labute approximate surface area is 168 Å². The van der Waals surface area contributed by atoms with Crippen LogP contribution in [0.2, 0.25) is 0 Å². The van der Waals surface area contributed by atoms with Crippen molar-refractivity contribution in [1.29, 1.82) is 0 Å². The first-order chi connectivity index (χ1) is 14.6. The molecule has 2 aromatic carbocycles. The summed E-state index contributed by atoms with van der Waals surface area (Å²) in [7, 11) is 0. The molecular formula is C15F18.